The fraction of sp³-hybridized carbons (Fsp3) is 0.190. The van der Waals surface area contributed by atoms with E-state index in [1.165, 1.54) is 11.3 Å². The lowest BCUT2D eigenvalue weighted by Crippen LogP contribution is -2.54. The van der Waals surface area contributed by atoms with Gasteiger partial charge in [0.25, 0.3) is 5.91 Å². The number of nitrogens with one attached hydrogen (secondary N) is 3. The number of thiophene rings is 1. The van der Waals surface area contributed by atoms with Crippen LogP contribution in [0.1, 0.15) is 9.67 Å². The van der Waals surface area contributed by atoms with Gasteiger partial charge in [0.1, 0.15) is 6.73 Å². The van der Waals surface area contributed by atoms with Crippen LogP contribution < -0.4 is 16.0 Å². The van der Waals surface area contributed by atoms with Crippen LogP contribution in [0.25, 0.3) is 21.0 Å². The second kappa shape index (κ2) is 7.86. The zero-order valence-electron chi connectivity index (χ0n) is 16.3. The quantitative estimate of drug-likeness (QED) is 0.411. The molecule has 0 saturated carbocycles. The van der Waals surface area contributed by atoms with Crippen LogP contribution in [0, 0.1) is 0 Å². The monoisotopic (exact) mass is 420 g/mol. The average molecular weight is 420 g/mol. The molecule has 3 heterocycles. The van der Waals surface area contributed by atoms with Gasteiger partial charge in [-0.05, 0) is 42.5 Å². The minimum absolute atomic E-state index is 0.0534. The number of fused-ring (bicyclic) bond motifs is 3. The van der Waals surface area contributed by atoms with Crippen molar-refractivity contribution in [1.82, 2.24) is 20.2 Å². The van der Waals surface area contributed by atoms with E-state index in [-0.39, 0.29) is 5.91 Å². The molecular formula is C21H20N6O2S. The fourth-order valence-corrected chi connectivity index (χ4v) is 4.28. The smallest absolute Gasteiger partial charge is 0.266 e. The molecule has 30 heavy (non-hydrogen) atoms. The molecule has 2 aromatic carbocycles. The van der Waals surface area contributed by atoms with Crippen molar-refractivity contribution in [2.45, 2.75) is 0 Å². The number of aromatic nitrogens is 2. The summed E-state index contributed by atoms with van der Waals surface area (Å²) >= 11 is 1.50. The van der Waals surface area contributed by atoms with Crippen molar-refractivity contribution in [3.05, 3.63) is 53.5 Å². The third-order valence-corrected chi connectivity index (χ3v) is 6.00. The van der Waals surface area contributed by atoms with Gasteiger partial charge in [-0.25, -0.2) is 9.97 Å². The first-order valence-corrected chi connectivity index (χ1v) is 10.3. The van der Waals surface area contributed by atoms with Crippen LogP contribution in [-0.2, 0) is 4.74 Å². The molecular weight excluding hydrogens is 400 g/mol. The van der Waals surface area contributed by atoms with E-state index in [1.807, 2.05) is 42.5 Å². The third kappa shape index (κ3) is 3.54. The Morgan fingerprint density at radius 1 is 1.20 bits per heavy atom. The zero-order chi connectivity index (χ0) is 20.5. The van der Waals surface area contributed by atoms with E-state index in [0.29, 0.717) is 26.0 Å². The van der Waals surface area contributed by atoms with Crippen LogP contribution in [0.3, 0.4) is 0 Å². The first-order chi connectivity index (χ1) is 14.7. The molecule has 0 bridgehead atoms. The minimum atomic E-state index is 0.0534. The van der Waals surface area contributed by atoms with E-state index in [4.69, 9.17) is 9.72 Å². The predicted molar refractivity (Wildman–Crippen MR) is 119 cm³/mol. The number of amides is 1. The number of ether oxygens (including phenoxy) is 1. The Kier molecular flexibility index (Phi) is 4.91. The molecule has 0 spiro atoms. The predicted octanol–water partition coefficient (Wildman–Crippen LogP) is 3.56. The van der Waals surface area contributed by atoms with E-state index in [9.17, 15) is 4.79 Å². The van der Waals surface area contributed by atoms with Crippen LogP contribution >= 0.6 is 11.3 Å². The third-order valence-electron chi connectivity index (χ3n) is 4.91. The largest absolute Gasteiger partial charge is 0.365 e. The summed E-state index contributed by atoms with van der Waals surface area (Å²) < 4.78 is 6.05. The van der Waals surface area contributed by atoms with Crippen molar-refractivity contribution in [2.75, 3.05) is 37.8 Å². The van der Waals surface area contributed by atoms with E-state index in [2.05, 4.69) is 20.9 Å². The van der Waals surface area contributed by atoms with Crippen LogP contribution in [0.4, 0.5) is 17.3 Å². The molecule has 3 N–H and O–H groups in total. The highest BCUT2D eigenvalue weighted by Crippen LogP contribution is 2.32. The summed E-state index contributed by atoms with van der Waals surface area (Å²) in [6.45, 7) is 1.66. The highest BCUT2D eigenvalue weighted by Gasteiger charge is 2.23. The van der Waals surface area contributed by atoms with Crippen molar-refractivity contribution in [1.29, 1.82) is 0 Å². The molecule has 152 valence electrons. The van der Waals surface area contributed by atoms with Crippen molar-refractivity contribution in [3.8, 4) is 0 Å². The molecule has 0 unspecified atom stereocenters. The topological polar surface area (TPSA) is 91.4 Å². The molecule has 2 aromatic heterocycles. The van der Waals surface area contributed by atoms with Crippen LogP contribution in [0.5, 0.6) is 0 Å². The number of carbonyl (C=O) groups excluding carboxylic acids is 1. The molecule has 1 amide bonds. The molecule has 0 atom stereocenters. The van der Waals surface area contributed by atoms with Gasteiger partial charge < -0.3 is 20.3 Å². The maximum atomic E-state index is 12.6. The molecule has 4 aromatic rings. The van der Waals surface area contributed by atoms with Gasteiger partial charge in [0.2, 0.25) is 5.95 Å². The van der Waals surface area contributed by atoms with Gasteiger partial charge in [0.15, 0.2) is 0 Å². The van der Waals surface area contributed by atoms with Gasteiger partial charge in [0, 0.05) is 40.2 Å². The van der Waals surface area contributed by atoms with Gasteiger partial charge in [0.05, 0.1) is 23.7 Å². The van der Waals surface area contributed by atoms with Gasteiger partial charge in [-0.3, -0.25) is 10.1 Å². The summed E-state index contributed by atoms with van der Waals surface area (Å²) in [6, 6.07) is 13.8. The van der Waals surface area contributed by atoms with Crippen LogP contribution in [0.2, 0.25) is 0 Å². The number of carbonyl (C=O) groups is 1. The van der Waals surface area contributed by atoms with Gasteiger partial charge >= 0.3 is 0 Å². The first-order valence-electron chi connectivity index (χ1n) is 9.50. The van der Waals surface area contributed by atoms with Gasteiger partial charge in [-0.15, -0.1) is 11.3 Å². The van der Waals surface area contributed by atoms with Crippen molar-refractivity contribution in [3.63, 3.8) is 0 Å². The summed E-state index contributed by atoms with van der Waals surface area (Å²) in [5.74, 6) is 0.566. The molecule has 0 radical (unpaired) electrons. The van der Waals surface area contributed by atoms with E-state index in [1.54, 1.807) is 18.2 Å². The van der Waals surface area contributed by atoms with Crippen molar-refractivity contribution >= 4 is 55.6 Å². The normalized spacial score (nSPS) is 13.4. The minimum Gasteiger partial charge on any atom is -0.365 e. The van der Waals surface area contributed by atoms with Crippen molar-refractivity contribution in [2.24, 2.45) is 0 Å². The summed E-state index contributed by atoms with van der Waals surface area (Å²) in [4.78, 5) is 24.2. The second-order valence-electron chi connectivity index (χ2n) is 6.94. The lowest BCUT2D eigenvalue weighted by atomic mass is 10.1. The molecule has 9 heteroatoms. The number of hydrogen-bond acceptors (Lipinski definition) is 8. The average Bonchev–Trinajstić information content (AvgIpc) is 3.17. The Labute approximate surface area is 176 Å². The van der Waals surface area contributed by atoms with Gasteiger partial charge in [-0.1, -0.05) is 0 Å². The summed E-state index contributed by atoms with van der Waals surface area (Å²) in [5, 5.41) is 11.4. The number of hydrogen-bond donors (Lipinski definition) is 3. The highest BCUT2D eigenvalue weighted by molar-refractivity contribution is 7.21. The standard InChI is InChI=1S/C21H20N6O2S/c1-29-12-24-14-3-5-15(6-4-14)25-21-23-9-13-2-7-17-16(19(13)26-21)8-18(30-17)20(28)27-10-22-11-27/h2-9,22,24H,10-12H2,1H3,(H,23,25,26). The maximum absolute atomic E-state index is 12.6. The van der Waals surface area contributed by atoms with Gasteiger partial charge in [-0.2, -0.15) is 0 Å². The second-order valence-corrected chi connectivity index (χ2v) is 8.03. The van der Waals surface area contributed by atoms with Crippen LogP contribution in [0.15, 0.2) is 48.7 Å². The lowest BCUT2D eigenvalue weighted by molar-refractivity contribution is 0.0587. The van der Waals surface area contributed by atoms with E-state index < -0.39 is 0 Å². The lowest BCUT2D eigenvalue weighted by Gasteiger charge is -2.31. The maximum Gasteiger partial charge on any atom is 0.266 e. The number of methoxy groups -OCH3 is 1. The Morgan fingerprint density at radius 2 is 2.00 bits per heavy atom. The summed E-state index contributed by atoms with van der Waals surface area (Å²) in [6.07, 6.45) is 1.80. The molecule has 1 fully saturated rings. The summed E-state index contributed by atoms with van der Waals surface area (Å²) in [5.41, 5.74) is 2.69. The molecule has 1 saturated heterocycles. The van der Waals surface area contributed by atoms with E-state index in [0.717, 1.165) is 37.2 Å². The summed E-state index contributed by atoms with van der Waals surface area (Å²) in [7, 11) is 1.64. The van der Waals surface area contributed by atoms with Crippen molar-refractivity contribution < 1.29 is 9.53 Å². The molecule has 1 aliphatic heterocycles. The number of anilines is 3. The SMILES string of the molecule is COCNc1ccc(Nc2ncc3ccc4sc(C(=O)N5CNC5)cc4c3n2)cc1. The zero-order valence-corrected chi connectivity index (χ0v) is 17.1. The molecule has 5 rings (SSSR count). The first kappa shape index (κ1) is 18.7. The Morgan fingerprint density at radius 3 is 2.73 bits per heavy atom. The number of rotatable bonds is 6. The Hall–Kier alpha value is -3.27. The Bertz CT molecular complexity index is 1220. The van der Waals surface area contributed by atoms with E-state index >= 15 is 0 Å². The van der Waals surface area contributed by atoms with Crippen LogP contribution in [-0.4, -0.2) is 48.0 Å². The highest BCUT2D eigenvalue weighted by atomic mass is 32.1. The molecule has 0 aliphatic carbocycles. The molecule has 8 nitrogen and oxygen atoms in total. The molecule has 1 aliphatic rings. The number of benzene rings is 2. The fourth-order valence-electron chi connectivity index (χ4n) is 3.25. The Balaban J connectivity index is 1.44. The number of nitrogens with zero attached hydrogens (tertiary/aromatic N) is 3.